The summed E-state index contributed by atoms with van der Waals surface area (Å²) >= 11 is 13.4. The maximum Gasteiger partial charge on any atom is 0.190 e. The van der Waals surface area contributed by atoms with Gasteiger partial charge in [0.05, 0.1) is 15.7 Å². The van der Waals surface area contributed by atoms with E-state index >= 15 is 0 Å². The van der Waals surface area contributed by atoms with Crippen molar-refractivity contribution in [3.63, 3.8) is 0 Å². The highest BCUT2D eigenvalue weighted by Gasteiger charge is 2.00. The van der Waals surface area contributed by atoms with Gasteiger partial charge >= 0.3 is 0 Å². The largest absolute Gasteiger partial charge is 0.320 e. The lowest BCUT2D eigenvalue weighted by Gasteiger charge is -2.01. The first-order chi connectivity index (χ1) is 8.56. The molecule has 0 spiro atoms. The van der Waals surface area contributed by atoms with Gasteiger partial charge in [0, 0.05) is 18.1 Å². The molecule has 0 N–H and O–H groups in total. The number of halogens is 2. The topological polar surface area (TPSA) is 17.3 Å². The quantitative estimate of drug-likeness (QED) is 0.733. The fourth-order valence-corrected chi connectivity index (χ4v) is 2.50. The Hall–Kier alpha value is -1.03. The maximum absolute atomic E-state index is 5.97. The summed E-state index contributed by atoms with van der Waals surface area (Å²) in [6.07, 6.45) is 2.00. The SMILES string of the molecule is C=C(C)Cn1ccsc1=Nc1ccc(Cl)c(Cl)c1. The minimum Gasteiger partial charge on any atom is -0.320 e. The molecule has 0 atom stereocenters. The number of hydrogen-bond acceptors (Lipinski definition) is 2. The molecule has 0 fully saturated rings. The molecule has 0 aliphatic rings. The Labute approximate surface area is 120 Å². The van der Waals surface area contributed by atoms with Crippen LogP contribution in [-0.2, 0) is 6.54 Å². The fraction of sp³-hybridized carbons (Fsp3) is 0.154. The second-order valence-corrected chi connectivity index (χ2v) is 5.67. The van der Waals surface area contributed by atoms with Crippen LogP contribution in [0.2, 0.25) is 10.0 Å². The Balaban J connectivity index is 2.41. The third kappa shape index (κ3) is 3.25. The van der Waals surface area contributed by atoms with E-state index in [1.165, 1.54) is 0 Å². The normalized spacial score (nSPS) is 11.8. The van der Waals surface area contributed by atoms with Crippen LogP contribution in [0.4, 0.5) is 5.69 Å². The van der Waals surface area contributed by atoms with Gasteiger partial charge in [-0.3, -0.25) is 0 Å². The number of rotatable bonds is 3. The molecular formula is C13H12Cl2N2S. The van der Waals surface area contributed by atoms with Crippen molar-refractivity contribution in [1.29, 1.82) is 0 Å². The molecular weight excluding hydrogens is 287 g/mol. The molecule has 1 aromatic heterocycles. The van der Waals surface area contributed by atoms with Crippen LogP contribution in [0.5, 0.6) is 0 Å². The number of thiazole rings is 1. The predicted molar refractivity (Wildman–Crippen MR) is 78.8 cm³/mol. The molecule has 1 aromatic carbocycles. The lowest BCUT2D eigenvalue weighted by atomic mass is 10.3. The van der Waals surface area contributed by atoms with Crippen LogP contribution in [0.3, 0.4) is 0 Å². The highest BCUT2D eigenvalue weighted by molar-refractivity contribution is 7.07. The van der Waals surface area contributed by atoms with E-state index in [1.54, 1.807) is 23.5 Å². The van der Waals surface area contributed by atoms with Crippen LogP contribution < -0.4 is 4.80 Å². The molecule has 0 saturated heterocycles. The van der Waals surface area contributed by atoms with Gasteiger partial charge in [0.25, 0.3) is 0 Å². The summed E-state index contributed by atoms with van der Waals surface area (Å²) in [5.41, 5.74) is 1.88. The second-order valence-electron chi connectivity index (χ2n) is 3.98. The Morgan fingerprint density at radius 1 is 1.39 bits per heavy atom. The van der Waals surface area contributed by atoms with Gasteiger partial charge in [0.15, 0.2) is 4.80 Å². The van der Waals surface area contributed by atoms with Gasteiger partial charge < -0.3 is 4.57 Å². The first-order valence-corrected chi connectivity index (χ1v) is 6.98. The van der Waals surface area contributed by atoms with Crippen molar-refractivity contribution in [2.75, 3.05) is 0 Å². The van der Waals surface area contributed by atoms with Gasteiger partial charge in [-0.25, -0.2) is 4.99 Å². The first kappa shape index (κ1) is 13.4. The third-order valence-electron chi connectivity index (χ3n) is 2.23. The summed E-state index contributed by atoms with van der Waals surface area (Å²) < 4.78 is 2.05. The van der Waals surface area contributed by atoms with Crippen LogP contribution in [0, 0.1) is 0 Å². The van der Waals surface area contributed by atoms with Crippen molar-refractivity contribution >= 4 is 40.2 Å². The monoisotopic (exact) mass is 298 g/mol. The van der Waals surface area contributed by atoms with E-state index in [-0.39, 0.29) is 0 Å². The van der Waals surface area contributed by atoms with Crippen molar-refractivity contribution in [2.45, 2.75) is 13.5 Å². The molecule has 0 radical (unpaired) electrons. The van der Waals surface area contributed by atoms with Gasteiger partial charge in [0.2, 0.25) is 0 Å². The standard InChI is InChI=1S/C13H12Cl2N2S/c1-9(2)8-17-5-6-18-13(17)16-10-3-4-11(14)12(15)7-10/h3-7H,1,8H2,2H3. The van der Waals surface area contributed by atoms with Crippen molar-refractivity contribution in [2.24, 2.45) is 4.99 Å². The van der Waals surface area contributed by atoms with E-state index in [0.717, 1.165) is 22.6 Å². The van der Waals surface area contributed by atoms with E-state index in [4.69, 9.17) is 23.2 Å². The molecule has 94 valence electrons. The number of aromatic nitrogens is 1. The number of nitrogens with zero attached hydrogens (tertiary/aromatic N) is 2. The minimum atomic E-state index is 0.515. The minimum absolute atomic E-state index is 0.515. The lowest BCUT2D eigenvalue weighted by Crippen LogP contribution is -2.13. The Bertz CT molecular complexity index is 640. The predicted octanol–water partition coefficient (Wildman–Crippen LogP) is 4.66. The number of hydrogen-bond donors (Lipinski definition) is 0. The average Bonchev–Trinajstić information content (AvgIpc) is 2.70. The van der Waals surface area contributed by atoms with Crippen LogP contribution in [0.15, 0.2) is 46.9 Å². The molecule has 5 heteroatoms. The van der Waals surface area contributed by atoms with Crippen molar-refractivity contribution < 1.29 is 0 Å². The molecule has 0 bridgehead atoms. The summed E-state index contributed by atoms with van der Waals surface area (Å²) in [7, 11) is 0. The first-order valence-electron chi connectivity index (χ1n) is 5.34. The van der Waals surface area contributed by atoms with E-state index in [1.807, 2.05) is 24.6 Å². The van der Waals surface area contributed by atoms with Gasteiger partial charge in [0.1, 0.15) is 0 Å². The average molecular weight is 299 g/mol. The number of benzene rings is 1. The molecule has 0 aliphatic heterocycles. The van der Waals surface area contributed by atoms with Crippen LogP contribution >= 0.6 is 34.5 Å². The van der Waals surface area contributed by atoms with Crippen molar-refractivity contribution in [3.8, 4) is 0 Å². The van der Waals surface area contributed by atoms with Gasteiger partial charge in [-0.1, -0.05) is 35.4 Å². The van der Waals surface area contributed by atoms with Crippen molar-refractivity contribution in [3.05, 3.63) is 56.8 Å². The summed E-state index contributed by atoms with van der Waals surface area (Å²) in [6, 6.07) is 5.35. The van der Waals surface area contributed by atoms with E-state index in [0.29, 0.717) is 10.0 Å². The van der Waals surface area contributed by atoms with Crippen molar-refractivity contribution in [1.82, 2.24) is 4.57 Å². The second kappa shape index (κ2) is 5.74. The Kier molecular flexibility index (Phi) is 4.27. The lowest BCUT2D eigenvalue weighted by molar-refractivity contribution is 0.759. The Morgan fingerprint density at radius 2 is 2.17 bits per heavy atom. The van der Waals surface area contributed by atoms with E-state index in [2.05, 4.69) is 16.1 Å². The summed E-state index contributed by atoms with van der Waals surface area (Å²) in [6.45, 7) is 6.67. The summed E-state index contributed by atoms with van der Waals surface area (Å²) in [4.78, 5) is 5.47. The third-order valence-corrected chi connectivity index (χ3v) is 3.76. The van der Waals surface area contributed by atoms with Crippen LogP contribution in [0.25, 0.3) is 0 Å². The van der Waals surface area contributed by atoms with Crippen LogP contribution in [-0.4, -0.2) is 4.57 Å². The molecule has 2 rings (SSSR count). The maximum atomic E-state index is 5.97. The molecule has 0 aliphatic carbocycles. The Morgan fingerprint density at radius 3 is 2.83 bits per heavy atom. The van der Waals surface area contributed by atoms with E-state index < -0.39 is 0 Å². The molecule has 0 unspecified atom stereocenters. The summed E-state index contributed by atoms with van der Waals surface area (Å²) in [5, 5.41) is 3.05. The zero-order valence-electron chi connectivity index (χ0n) is 9.86. The zero-order chi connectivity index (χ0) is 13.1. The summed E-state index contributed by atoms with van der Waals surface area (Å²) in [5.74, 6) is 0. The molecule has 2 nitrogen and oxygen atoms in total. The van der Waals surface area contributed by atoms with Gasteiger partial charge in [-0.2, -0.15) is 0 Å². The molecule has 2 aromatic rings. The molecule has 1 heterocycles. The molecule has 18 heavy (non-hydrogen) atoms. The van der Waals surface area contributed by atoms with E-state index in [9.17, 15) is 0 Å². The smallest absolute Gasteiger partial charge is 0.190 e. The molecule has 0 amide bonds. The van der Waals surface area contributed by atoms with Crippen LogP contribution in [0.1, 0.15) is 6.92 Å². The zero-order valence-corrected chi connectivity index (χ0v) is 12.2. The fourth-order valence-electron chi connectivity index (χ4n) is 1.46. The molecule has 0 saturated carbocycles. The van der Waals surface area contributed by atoms with Gasteiger partial charge in [-0.05, 0) is 25.1 Å². The highest BCUT2D eigenvalue weighted by atomic mass is 35.5. The van der Waals surface area contributed by atoms with Gasteiger partial charge in [-0.15, -0.1) is 11.3 Å². The number of allylic oxidation sites excluding steroid dienone is 1. The highest BCUT2D eigenvalue weighted by Crippen LogP contribution is 2.26.